The van der Waals surface area contributed by atoms with Crippen molar-refractivity contribution >= 4 is 5.97 Å². The van der Waals surface area contributed by atoms with E-state index < -0.39 is 0 Å². The van der Waals surface area contributed by atoms with Crippen LogP contribution in [0.2, 0.25) is 0 Å². The minimum Gasteiger partial charge on any atom is -0.466 e. The molecule has 0 aromatic rings. The summed E-state index contributed by atoms with van der Waals surface area (Å²) < 4.78 is 4.86. The topological polar surface area (TPSA) is 64.3 Å². The predicted molar refractivity (Wildman–Crippen MR) is 52.3 cm³/mol. The standard InChI is InChI=1S/C9H20N2O2/c1-4-13-9(12)7(2)6-11-8(3)5-10/h7-8,11H,4-6,10H2,1-3H3. The third kappa shape index (κ3) is 5.60. The molecule has 0 spiro atoms. The van der Waals surface area contributed by atoms with E-state index in [1.807, 2.05) is 13.8 Å². The molecule has 4 heteroatoms. The van der Waals surface area contributed by atoms with Gasteiger partial charge in [0.1, 0.15) is 0 Å². The van der Waals surface area contributed by atoms with E-state index in [2.05, 4.69) is 5.32 Å². The van der Waals surface area contributed by atoms with Gasteiger partial charge >= 0.3 is 5.97 Å². The Morgan fingerprint density at radius 3 is 2.62 bits per heavy atom. The molecular formula is C9H20N2O2. The van der Waals surface area contributed by atoms with Crippen LogP contribution < -0.4 is 11.1 Å². The molecule has 0 aromatic carbocycles. The number of hydrogen-bond donors (Lipinski definition) is 2. The average molecular weight is 188 g/mol. The van der Waals surface area contributed by atoms with Crippen LogP contribution in [0.15, 0.2) is 0 Å². The van der Waals surface area contributed by atoms with Crippen molar-refractivity contribution in [2.24, 2.45) is 11.7 Å². The number of rotatable bonds is 6. The van der Waals surface area contributed by atoms with Crippen LogP contribution in [0.1, 0.15) is 20.8 Å². The molecule has 13 heavy (non-hydrogen) atoms. The quantitative estimate of drug-likeness (QED) is 0.581. The number of hydrogen-bond acceptors (Lipinski definition) is 4. The van der Waals surface area contributed by atoms with Crippen LogP contribution in [0.3, 0.4) is 0 Å². The first-order valence-electron chi connectivity index (χ1n) is 4.71. The number of esters is 1. The maximum absolute atomic E-state index is 11.2. The molecular weight excluding hydrogens is 168 g/mol. The summed E-state index contributed by atoms with van der Waals surface area (Å²) in [6.45, 7) is 7.27. The van der Waals surface area contributed by atoms with Gasteiger partial charge in [-0.3, -0.25) is 4.79 Å². The van der Waals surface area contributed by atoms with Gasteiger partial charge in [0.2, 0.25) is 0 Å². The van der Waals surface area contributed by atoms with E-state index in [-0.39, 0.29) is 17.9 Å². The van der Waals surface area contributed by atoms with Gasteiger partial charge in [-0.15, -0.1) is 0 Å². The van der Waals surface area contributed by atoms with Gasteiger partial charge in [-0.1, -0.05) is 6.92 Å². The van der Waals surface area contributed by atoms with Crippen LogP contribution in [-0.4, -0.2) is 31.7 Å². The highest BCUT2D eigenvalue weighted by atomic mass is 16.5. The van der Waals surface area contributed by atoms with Crippen molar-refractivity contribution in [2.75, 3.05) is 19.7 Å². The van der Waals surface area contributed by atoms with Crippen LogP contribution in [0.4, 0.5) is 0 Å². The summed E-state index contributed by atoms with van der Waals surface area (Å²) in [5.74, 6) is -0.256. The zero-order chi connectivity index (χ0) is 10.3. The number of ether oxygens (including phenoxy) is 1. The zero-order valence-electron chi connectivity index (χ0n) is 8.67. The smallest absolute Gasteiger partial charge is 0.309 e. The number of carbonyl (C=O) groups excluding carboxylic acids is 1. The molecule has 2 unspecified atom stereocenters. The van der Waals surface area contributed by atoms with Gasteiger partial charge in [-0.25, -0.2) is 0 Å². The van der Waals surface area contributed by atoms with Crippen LogP contribution >= 0.6 is 0 Å². The second-order valence-corrected chi connectivity index (χ2v) is 3.20. The second kappa shape index (κ2) is 6.86. The Bertz CT molecular complexity index is 151. The summed E-state index contributed by atoms with van der Waals surface area (Å²) in [6, 6.07) is 0.247. The van der Waals surface area contributed by atoms with Gasteiger partial charge < -0.3 is 15.8 Å². The maximum atomic E-state index is 11.2. The van der Waals surface area contributed by atoms with Crippen molar-refractivity contribution in [1.82, 2.24) is 5.32 Å². The van der Waals surface area contributed by atoms with Crippen molar-refractivity contribution in [1.29, 1.82) is 0 Å². The molecule has 0 amide bonds. The molecule has 3 N–H and O–H groups in total. The number of carbonyl (C=O) groups is 1. The van der Waals surface area contributed by atoms with Gasteiger partial charge in [-0.2, -0.15) is 0 Å². The molecule has 2 atom stereocenters. The lowest BCUT2D eigenvalue weighted by molar-refractivity contribution is -0.147. The molecule has 0 rings (SSSR count). The molecule has 4 nitrogen and oxygen atoms in total. The highest BCUT2D eigenvalue weighted by Gasteiger charge is 2.13. The van der Waals surface area contributed by atoms with Crippen molar-refractivity contribution < 1.29 is 9.53 Å². The lowest BCUT2D eigenvalue weighted by Crippen LogP contribution is -2.38. The molecule has 0 fully saturated rings. The van der Waals surface area contributed by atoms with E-state index >= 15 is 0 Å². The second-order valence-electron chi connectivity index (χ2n) is 3.20. The Hall–Kier alpha value is -0.610. The summed E-state index contributed by atoms with van der Waals surface area (Å²) >= 11 is 0. The molecule has 0 aromatic heterocycles. The molecule has 0 bridgehead atoms. The summed E-state index contributed by atoms with van der Waals surface area (Å²) in [7, 11) is 0. The van der Waals surface area contributed by atoms with Gasteiger partial charge in [0, 0.05) is 19.1 Å². The van der Waals surface area contributed by atoms with E-state index in [0.717, 1.165) is 0 Å². The van der Waals surface area contributed by atoms with E-state index in [4.69, 9.17) is 10.5 Å². The third-order valence-electron chi connectivity index (χ3n) is 1.82. The molecule has 0 heterocycles. The van der Waals surface area contributed by atoms with Crippen LogP contribution in [-0.2, 0) is 9.53 Å². The van der Waals surface area contributed by atoms with Gasteiger partial charge in [0.15, 0.2) is 0 Å². The molecule has 0 aliphatic carbocycles. The first kappa shape index (κ1) is 12.4. The maximum Gasteiger partial charge on any atom is 0.309 e. The molecule has 78 valence electrons. The van der Waals surface area contributed by atoms with Crippen molar-refractivity contribution in [2.45, 2.75) is 26.8 Å². The van der Waals surface area contributed by atoms with Crippen molar-refractivity contribution in [3.05, 3.63) is 0 Å². The Balaban J connectivity index is 3.60. The summed E-state index contributed by atoms with van der Waals surface area (Å²) in [5.41, 5.74) is 5.41. The molecule has 0 aliphatic heterocycles. The highest BCUT2D eigenvalue weighted by Crippen LogP contribution is 1.96. The van der Waals surface area contributed by atoms with Crippen molar-refractivity contribution in [3.8, 4) is 0 Å². The normalized spacial score (nSPS) is 15.1. The average Bonchev–Trinajstić information content (AvgIpc) is 2.13. The first-order valence-corrected chi connectivity index (χ1v) is 4.71. The van der Waals surface area contributed by atoms with Gasteiger partial charge in [0.25, 0.3) is 0 Å². The summed E-state index contributed by atoms with van der Waals surface area (Å²) in [6.07, 6.45) is 0. The fourth-order valence-corrected chi connectivity index (χ4v) is 0.829. The lowest BCUT2D eigenvalue weighted by atomic mass is 10.2. The SMILES string of the molecule is CCOC(=O)C(C)CNC(C)CN. The molecule has 0 saturated carbocycles. The van der Waals surface area contributed by atoms with Gasteiger partial charge in [0.05, 0.1) is 12.5 Å². The number of nitrogens with two attached hydrogens (primary N) is 1. The largest absolute Gasteiger partial charge is 0.466 e. The third-order valence-corrected chi connectivity index (χ3v) is 1.82. The Kier molecular flexibility index (Phi) is 6.54. The highest BCUT2D eigenvalue weighted by molar-refractivity contribution is 5.72. The number of nitrogens with one attached hydrogen (secondary N) is 1. The predicted octanol–water partition coefficient (Wildman–Crippen LogP) is 0.122. The summed E-state index contributed by atoms with van der Waals surface area (Å²) in [4.78, 5) is 11.2. The van der Waals surface area contributed by atoms with E-state index in [1.165, 1.54) is 0 Å². The summed E-state index contributed by atoms with van der Waals surface area (Å²) in [5, 5.41) is 3.15. The molecule has 0 saturated heterocycles. The monoisotopic (exact) mass is 188 g/mol. The fourth-order valence-electron chi connectivity index (χ4n) is 0.829. The first-order chi connectivity index (χ1) is 6.11. The van der Waals surface area contributed by atoms with Crippen LogP contribution in [0.25, 0.3) is 0 Å². The van der Waals surface area contributed by atoms with E-state index in [1.54, 1.807) is 6.92 Å². The Morgan fingerprint density at radius 1 is 1.54 bits per heavy atom. The molecule has 0 aliphatic rings. The fraction of sp³-hybridized carbons (Fsp3) is 0.889. The minimum absolute atomic E-state index is 0.103. The van der Waals surface area contributed by atoms with Crippen LogP contribution in [0, 0.1) is 5.92 Å². The van der Waals surface area contributed by atoms with Crippen molar-refractivity contribution in [3.63, 3.8) is 0 Å². The zero-order valence-corrected chi connectivity index (χ0v) is 8.67. The molecule has 0 radical (unpaired) electrons. The van der Waals surface area contributed by atoms with Crippen LogP contribution in [0.5, 0.6) is 0 Å². The Labute approximate surface area is 79.8 Å². The minimum atomic E-state index is -0.153. The van der Waals surface area contributed by atoms with Gasteiger partial charge in [-0.05, 0) is 13.8 Å². The Morgan fingerprint density at radius 2 is 2.15 bits per heavy atom. The van der Waals surface area contributed by atoms with E-state index in [9.17, 15) is 4.79 Å². The lowest BCUT2D eigenvalue weighted by Gasteiger charge is -2.15. The van der Waals surface area contributed by atoms with E-state index in [0.29, 0.717) is 19.7 Å².